The van der Waals surface area contributed by atoms with Gasteiger partial charge in [0.05, 0.1) is 11.9 Å². The number of nitrogens with one attached hydrogen (secondary N) is 1. The van der Waals surface area contributed by atoms with Gasteiger partial charge in [-0.3, -0.25) is 13.9 Å². The second-order valence-electron chi connectivity index (χ2n) is 7.96. The molecule has 2 aromatic rings. The molecule has 2 rings (SSSR count). The van der Waals surface area contributed by atoms with Crippen molar-refractivity contribution in [3.63, 3.8) is 0 Å². The summed E-state index contributed by atoms with van der Waals surface area (Å²) in [5.74, 6) is -0.966. The summed E-state index contributed by atoms with van der Waals surface area (Å²) in [6.07, 6.45) is 1.71. The van der Waals surface area contributed by atoms with Gasteiger partial charge in [0, 0.05) is 33.2 Å². The third-order valence-electron chi connectivity index (χ3n) is 5.35. The molecule has 1 N–H and O–H groups in total. The fourth-order valence-electron chi connectivity index (χ4n) is 3.12. The Morgan fingerprint density at radius 2 is 1.56 bits per heavy atom. The van der Waals surface area contributed by atoms with Crippen molar-refractivity contribution in [2.75, 3.05) is 17.1 Å². The molecular formula is C23H28Cl3N3O4S. The molecule has 0 spiro atoms. The van der Waals surface area contributed by atoms with Crippen molar-refractivity contribution in [2.24, 2.45) is 0 Å². The summed E-state index contributed by atoms with van der Waals surface area (Å²) in [6, 6.07) is 9.99. The van der Waals surface area contributed by atoms with Gasteiger partial charge >= 0.3 is 0 Å². The van der Waals surface area contributed by atoms with Gasteiger partial charge in [0.1, 0.15) is 12.6 Å². The Labute approximate surface area is 216 Å². The van der Waals surface area contributed by atoms with Gasteiger partial charge < -0.3 is 10.2 Å². The highest BCUT2D eigenvalue weighted by Crippen LogP contribution is 2.27. The van der Waals surface area contributed by atoms with Gasteiger partial charge in [-0.05, 0) is 56.7 Å². The van der Waals surface area contributed by atoms with Crippen LogP contribution in [-0.2, 0) is 26.2 Å². The number of hydrogen-bond acceptors (Lipinski definition) is 4. The molecule has 2 atom stereocenters. The Kier molecular flexibility index (Phi) is 10.1. The summed E-state index contributed by atoms with van der Waals surface area (Å²) in [5, 5.41) is 3.94. The Morgan fingerprint density at radius 1 is 1.00 bits per heavy atom. The smallest absolute Gasteiger partial charge is 0.244 e. The molecule has 0 radical (unpaired) electrons. The molecule has 0 aliphatic carbocycles. The second-order valence-corrected chi connectivity index (χ2v) is 11.1. The second kappa shape index (κ2) is 12.1. The molecular weight excluding hydrogens is 521 g/mol. The molecule has 0 unspecified atom stereocenters. The number of halogens is 3. The number of amides is 2. The van der Waals surface area contributed by atoms with Gasteiger partial charge in [0.25, 0.3) is 0 Å². The molecule has 0 aliphatic heterocycles. The summed E-state index contributed by atoms with van der Waals surface area (Å²) in [5.41, 5.74) is 0.729. The van der Waals surface area contributed by atoms with Gasteiger partial charge in [-0.15, -0.1) is 0 Å². The molecule has 7 nitrogen and oxygen atoms in total. The molecule has 0 saturated carbocycles. The average molecular weight is 549 g/mol. The van der Waals surface area contributed by atoms with E-state index in [2.05, 4.69) is 5.32 Å². The van der Waals surface area contributed by atoms with E-state index in [1.165, 1.54) is 29.2 Å². The Morgan fingerprint density at radius 3 is 2.06 bits per heavy atom. The van der Waals surface area contributed by atoms with E-state index in [0.717, 1.165) is 10.6 Å². The van der Waals surface area contributed by atoms with E-state index in [1.54, 1.807) is 25.1 Å². The molecule has 2 amide bonds. The first kappa shape index (κ1) is 28.2. The molecule has 2 aromatic carbocycles. The molecule has 0 aromatic heterocycles. The van der Waals surface area contributed by atoms with Crippen LogP contribution in [0.25, 0.3) is 0 Å². The van der Waals surface area contributed by atoms with Crippen LogP contribution in [-0.4, -0.2) is 50.0 Å². The highest BCUT2D eigenvalue weighted by Gasteiger charge is 2.31. The number of nitrogens with zero attached hydrogens (tertiary/aromatic N) is 2. The van der Waals surface area contributed by atoms with Crippen LogP contribution in [0.1, 0.15) is 32.8 Å². The lowest BCUT2D eigenvalue weighted by molar-refractivity contribution is -0.139. The summed E-state index contributed by atoms with van der Waals surface area (Å²) in [7, 11) is -3.83. The SMILES string of the molecule is CC[C@H](C)NC(=O)[C@@H](C)N(Cc1c(Cl)cccc1Cl)C(=O)CN(c1ccc(Cl)cc1)S(C)(=O)=O. The van der Waals surface area contributed by atoms with Crippen LogP contribution in [0, 0.1) is 0 Å². The summed E-state index contributed by atoms with van der Waals surface area (Å²) in [4.78, 5) is 27.7. The van der Waals surface area contributed by atoms with E-state index in [4.69, 9.17) is 34.8 Å². The Bertz CT molecular complexity index is 1110. The first-order valence-corrected chi connectivity index (χ1v) is 13.6. The van der Waals surface area contributed by atoms with Gasteiger partial charge in [-0.25, -0.2) is 8.42 Å². The van der Waals surface area contributed by atoms with Crippen LogP contribution in [0.3, 0.4) is 0 Å². The Balaban J connectivity index is 2.43. The lowest BCUT2D eigenvalue weighted by atomic mass is 10.1. The molecule has 186 valence electrons. The van der Waals surface area contributed by atoms with E-state index in [1.807, 2.05) is 13.8 Å². The fourth-order valence-corrected chi connectivity index (χ4v) is 4.62. The molecule has 34 heavy (non-hydrogen) atoms. The summed E-state index contributed by atoms with van der Waals surface area (Å²) in [6.45, 7) is 4.76. The number of sulfonamides is 1. The Hall–Kier alpha value is -2.00. The van der Waals surface area contributed by atoms with Gasteiger partial charge in [0.2, 0.25) is 21.8 Å². The van der Waals surface area contributed by atoms with Crippen LogP contribution in [0.4, 0.5) is 5.69 Å². The molecule has 0 saturated heterocycles. The van der Waals surface area contributed by atoms with Crippen LogP contribution in [0.2, 0.25) is 15.1 Å². The zero-order valence-electron chi connectivity index (χ0n) is 19.4. The number of carbonyl (C=O) groups excluding carboxylic acids is 2. The number of carbonyl (C=O) groups is 2. The van der Waals surface area contributed by atoms with E-state index in [0.29, 0.717) is 27.1 Å². The van der Waals surface area contributed by atoms with E-state index in [-0.39, 0.29) is 24.2 Å². The zero-order valence-corrected chi connectivity index (χ0v) is 22.5. The van der Waals surface area contributed by atoms with Crippen molar-refractivity contribution in [2.45, 2.75) is 45.8 Å². The number of anilines is 1. The minimum Gasteiger partial charge on any atom is -0.352 e. The first-order valence-electron chi connectivity index (χ1n) is 10.6. The maximum Gasteiger partial charge on any atom is 0.244 e. The van der Waals surface area contributed by atoms with E-state index < -0.39 is 28.5 Å². The van der Waals surface area contributed by atoms with Gasteiger partial charge in [-0.1, -0.05) is 47.8 Å². The lowest BCUT2D eigenvalue weighted by Gasteiger charge is -2.32. The number of rotatable bonds is 10. The predicted molar refractivity (Wildman–Crippen MR) is 138 cm³/mol. The van der Waals surface area contributed by atoms with E-state index in [9.17, 15) is 18.0 Å². The quantitative estimate of drug-likeness (QED) is 0.464. The van der Waals surface area contributed by atoms with Crippen molar-refractivity contribution >= 4 is 62.3 Å². The third kappa shape index (κ3) is 7.50. The van der Waals surface area contributed by atoms with Crippen LogP contribution >= 0.6 is 34.8 Å². The van der Waals surface area contributed by atoms with Gasteiger partial charge in [-0.2, -0.15) is 0 Å². The van der Waals surface area contributed by atoms with Crippen molar-refractivity contribution < 1.29 is 18.0 Å². The van der Waals surface area contributed by atoms with Crippen molar-refractivity contribution in [1.82, 2.24) is 10.2 Å². The molecule has 0 aliphatic rings. The normalized spacial score (nSPS) is 13.1. The highest BCUT2D eigenvalue weighted by molar-refractivity contribution is 7.92. The van der Waals surface area contributed by atoms with Crippen LogP contribution in [0.15, 0.2) is 42.5 Å². The fraction of sp³-hybridized carbons (Fsp3) is 0.391. The standard InChI is InChI=1S/C23H28Cl3N3O4S/c1-5-15(2)27-23(31)16(3)28(13-19-20(25)7-6-8-21(19)26)22(30)14-29(34(4,32)33)18-11-9-17(24)10-12-18/h6-12,15-16H,5,13-14H2,1-4H3,(H,27,31)/t15-,16+/m0/s1. The molecule has 0 fully saturated rings. The first-order chi connectivity index (χ1) is 15.8. The summed E-state index contributed by atoms with van der Waals surface area (Å²) >= 11 is 18.6. The van der Waals surface area contributed by atoms with Crippen molar-refractivity contribution in [3.05, 3.63) is 63.1 Å². The van der Waals surface area contributed by atoms with Crippen LogP contribution in [0.5, 0.6) is 0 Å². The van der Waals surface area contributed by atoms with Crippen LogP contribution < -0.4 is 9.62 Å². The minimum absolute atomic E-state index is 0.0787. The zero-order chi connectivity index (χ0) is 25.6. The third-order valence-corrected chi connectivity index (χ3v) is 7.45. The monoisotopic (exact) mass is 547 g/mol. The summed E-state index contributed by atoms with van der Waals surface area (Å²) < 4.78 is 26.0. The largest absolute Gasteiger partial charge is 0.352 e. The van der Waals surface area contributed by atoms with E-state index >= 15 is 0 Å². The molecule has 0 bridgehead atoms. The number of hydrogen-bond donors (Lipinski definition) is 1. The van der Waals surface area contributed by atoms with Crippen molar-refractivity contribution in [3.8, 4) is 0 Å². The number of benzene rings is 2. The topological polar surface area (TPSA) is 86.8 Å². The average Bonchev–Trinajstić information content (AvgIpc) is 2.76. The predicted octanol–water partition coefficient (Wildman–Crippen LogP) is 4.74. The highest BCUT2D eigenvalue weighted by atomic mass is 35.5. The van der Waals surface area contributed by atoms with Gasteiger partial charge in [0.15, 0.2) is 0 Å². The molecule has 0 heterocycles. The maximum atomic E-state index is 13.5. The lowest BCUT2D eigenvalue weighted by Crippen LogP contribution is -2.52. The minimum atomic E-state index is -3.83. The maximum absolute atomic E-state index is 13.5. The molecule has 11 heteroatoms. The van der Waals surface area contributed by atoms with Crippen molar-refractivity contribution in [1.29, 1.82) is 0 Å².